The van der Waals surface area contributed by atoms with Crippen LogP contribution in [0.3, 0.4) is 0 Å². The number of benzene rings is 1. The molecule has 1 heterocycles. The summed E-state index contributed by atoms with van der Waals surface area (Å²) in [6.45, 7) is 1.98. The van der Waals surface area contributed by atoms with Gasteiger partial charge in [-0.15, -0.1) is 0 Å². The topological polar surface area (TPSA) is 76.4 Å². The monoisotopic (exact) mass is 305 g/mol. The van der Waals surface area contributed by atoms with Crippen LogP contribution < -0.4 is 0 Å². The Labute approximate surface area is 123 Å². The number of carboxylic acid groups (broad SMARTS) is 1. The lowest BCUT2D eigenvalue weighted by Gasteiger charge is -2.02. The summed E-state index contributed by atoms with van der Waals surface area (Å²) in [6, 6.07) is 8.94. The van der Waals surface area contributed by atoms with E-state index in [9.17, 15) is 13.2 Å². The Kier molecular flexibility index (Phi) is 4.28. The molecule has 0 radical (unpaired) electrons. The van der Waals surface area contributed by atoms with Gasteiger partial charge in [0, 0.05) is 12.4 Å². The van der Waals surface area contributed by atoms with Crippen molar-refractivity contribution < 1.29 is 18.3 Å². The molecule has 0 atom stereocenters. The van der Waals surface area contributed by atoms with Gasteiger partial charge in [-0.25, -0.2) is 13.2 Å². The molecule has 1 aromatic heterocycles. The van der Waals surface area contributed by atoms with Gasteiger partial charge < -0.3 is 5.11 Å². The summed E-state index contributed by atoms with van der Waals surface area (Å²) in [5.41, 5.74) is 1.99. The van der Waals surface area contributed by atoms with Crippen LogP contribution in [-0.4, -0.2) is 29.2 Å². The highest BCUT2D eigenvalue weighted by Crippen LogP contribution is 2.08. The molecule has 0 fully saturated rings. The van der Waals surface area contributed by atoms with Gasteiger partial charge in [0.1, 0.15) is 0 Å². The molecule has 0 amide bonds. The smallest absolute Gasteiger partial charge is 0.337 e. The summed E-state index contributed by atoms with van der Waals surface area (Å²) >= 11 is 0. The van der Waals surface area contributed by atoms with Gasteiger partial charge in [-0.05, 0) is 18.6 Å². The summed E-state index contributed by atoms with van der Waals surface area (Å²) in [4.78, 5) is 10.7. The van der Waals surface area contributed by atoms with E-state index in [1.54, 1.807) is 12.2 Å². The third kappa shape index (κ3) is 3.82. The second-order valence-corrected chi connectivity index (χ2v) is 6.55. The van der Waals surface area contributed by atoms with Gasteiger partial charge in [0.2, 0.25) is 10.0 Å². The van der Waals surface area contributed by atoms with Gasteiger partial charge in [-0.2, -0.15) is 0 Å². The van der Waals surface area contributed by atoms with E-state index in [4.69, 9.17) is 5.11 Å². The van der Waals surface area contributed by atoms with E-state index < -0.39 is 16.0 Å². The molecule has 0 saturated carbocycles. The van der Waals surface area contributed by atoms with E-state index in [1.807, 2.05) is 31.2 Å². The Hall–Kier alpha value is -2.34. The second-order valence-electron chi connectivity index (χ2n) is 4.63. The lowest BCUT2D eigenvalue weighted by molar-refractivity contribution is 0.0697. The van der Waals surface area contributed by atoms with Gasteiger partial charge in [0.05, 0.1) is 11.3 Å². The fourth-order valence-corrected chi connectivity index (χ4v) is 2.78. The summed E-state index contributed by atoms with van der Waals surface area (Å²) in [5, 5.41) is 8.79. The molecule has 110 valence electrons. The summed E-state index contributed by atoms with van der Waals surface area (Å²) < 4.78 is 25.0. The van der Waals surface area contributed by atoms with Crippen LogP contribution in [0.2, 0.25) is 0 Å². The summed E-state index contributed by atoms with van der Waals surface area (Å²) in [6.07, 6.45) is 5.59. The highest BCUT2D eigenvalue weighted by atomic mass is 32.2. The standard InChI is InChI=1S/C15H15NO4S/c1-12-4-6-13(7-5-12)3-2-10-21(19,20)16-9-8-14(11-16)15(17)18/h2-9,11H,10H2,1H3,(H,17,18). The predicted molar refractivity (Wildman–Crippen MR) is 80.8 cm³/mol. The Balaban J connectivity index is 2.10. The summed E-state index contributed by atoms with van der Waals surface area (Å²) in [5.74, 6) is -1.35. The molecule has 0 saturated heterocycles. The Morgan fingerprint density at radius 2 is 1.90 bits per heavy atom. The molecule has 0 unspecified atom stereocenters. The third-order valence-corrected chi connectivity index (χ3v) is 4.41. The van der Waals surface area contributed by atoms with Gasteiger partial charge in [-0.1, -0.05) is 42.0 Å². The van der Waals surface area contributed by atoms with Crippen LogP contribution in [0.25, 0.3) is 6.08 Å². The molecule has 1 aromatic carbocycles. The summed E-state index contributed by atoms with van der Waals surface area (Å²) in [7, 11) is -3.58. The van der Waals surface area contributed by atoms with Crippen molar-refractivity contribution in [2.75, 3.05) is 5.75 Å². The number of carboxylic acids is 1. The molecule has 21 heavy (non-hydrogen) atoms. The highest BCUT2D eigenvalue weighted by molar-refractivity contribution is 7.90. The highest BCUT2D eigenvalue weighted by Gasteiger charge is 2.13. The zero-order chi connectivity index (χ0) is 15.5. The van der Waals surface area contributed by atoms with Crippen molar-refractivity contribution in [3.8, 4) is 0 Å². The van der Waals surface area contributed by atoms with Crippen LogP contribution in [0, 0.1) is 6.92 Å². The molecule has 5 nitrogen and oxygen atoms in total. The minimum absolute atomic E-state index is 0.0545. The average Bonchev–Trinajstić information content (AvgIpc) is 2.91. The van der Waals surface area contributed by atoms with Crippen LogP contribution in [-0.2, 0) is 10.0 Å². The van der Waals surface area contributed by atoms with Crippen molar-refractivity contribution in [2.24, 2.45) is 0 Å². The predicted octanol–water partition coefficient (Wildman–Crippen LogP) is 2.39. The molecular formula is C15H15NO4S. The van der Waals surface area contributed by atoms with Gasteiger partial charge >= 0.3 is 5.97 Å². The normalized spacial score (nSPS) is 11.9. The first-order valence-corrected chi connectivity index (χ1v) is 7.87. The molecule has 1 N–H and O–H groups in total. The zero-order valence-corrected chi connectivity index (χ0v) is 12.2. The van der Waals surface area contributed by atoms with Crippen LogP contribution in [0.4, 0.5) is 0 Å². The Morgan fingerprint density at radius 3 is 2.48 bits per heavy atom. The number of carbonyl (C=O) groups is 1. The maximum absolute atomic E-state index is 12.0. The number of aromatic nitrogens is 1. The first kappa shape index (κ1) is 15.1. The zero-order valence-electron chi connectivity index (χ0n) is 11.4. The average molecular weight is 305 g/mol. The lowest BCUT2D eigenvalue weighted by Crippen LogP contribution is -2.13. The number of nitrogens with zero attached hydrogens (tertiary/aromatic N) is 1. The largest absolute Gasteiger partial charge is 0.478 e. The fraction of sp³-hybridized carbons (Fsp3) is 0.133. The number of rotatable bonds is 5. The third-order valence-electron chi connectivity index (χ3n) is 2.93. The van der Waals surface area contributed by atoms with E-state index in [-0.39, 0.29) is 11.3 Å². The lowest BCUT2D eigenvalue weighted by atomic mass is 10.1. The first-order chi connectivity index (χ1) is 9.88. The van der Waals surface area contributed by atoms with Crippen LogP contribution in [0.5, 0.6) is 0 Å². The number of hydrogen-bond donors (Lipinski definition) is 1. The van der Waals surface area contributed by atoms with Crippen molar-refractivity contribution in [3.05, 3.63) is 65.5 Å². The first-order valence-electron chi connectivity index (χ1n) is 6.26. The molecule has 2 rings (SSSR count). The van der Waals surface area contributed by atoms with Crippen molar-refractivity contribution in [3.63, 3.8) is 0 Å². The Bertz CT molecular complexity index is 770. The molecule has 0 aliphatic heterocycles. The maximum Gasteiger partial charge on any atom is 0.337 e. The van der Waals surface area contributed by atoms with Crippen LogP contribution >= 0.6 is 0 Å². The molecule has 0 bridgehead atoms. The quantitative estimate of drug-likeness (QED) is 0.920. The van der Waals surface area contributed by atoms with Crippen molar-refractivity contribution in [2.45, 2.75) is 6.92 Å². The van der Waals surface area contributed by atoms with Crippen molar-refractivity contribution >= 4 is 22.1 Å². The SMILES string of the molecule is Cc1ccc(C=CCS(=O)(=O)n2ccc(C(=O)O)c2)cc1. The van der Waals surface area contributed by atoms with Crippen molar-refractivity contribution in [1.29, 1.82) is 0 Å². The number of aromatic carboxylic acids is 1. The maximum atomic E-state index is 12.0. The number of aryl methyl sites for hydroxylation is 1. The van der Waals surface area contributed by atoms with E-state index in [1.165, 1.54) is 12.3 Å². The fourth-order valence-electron chi connectivity index (χ4n) is 1.75. The van der Waals surface area contributed by atoms with Gasteiger partial charge in [0.15, 0.2) is 0 Å². The van der Waals surface area contributed by atoms with E-state index in [0.29, 0.717) is 0 Å². The molecular weight excluding hydrogens is 290 g/mol. The van der Waals surface area contributed by atoms with Crippen molar-refractivity contribution in [1.82, 2.24) is 3.97 Å². The van der Waals surface area contributed by atoms with Crippen LogP contribution in [0.15, 0.2) is 48.8 Å². The molecule has 2 aromatic rings. The molecule has 6 heteroatoms. The second kappa shape index (κ2) is 5.97. The van der Waals surface area contributed by atoms with E-state index in [2.05, 4.69) is 0 Å². The van der Waals surface area contributed by atoms with Crippen LogP contribution in [0.1, 0.15) is 21.5 Å². The van der Waals surface area contributed by atoms with E-state index >= 15 is 0 Å². The van der Waals surface area contributed by atoms with Gasteiger partial charge in [0.25, 0.3) is 0 Å². The minimum Gasteiger partial charge on any atom is -0.478 e. The number of hydrogen-bond acceptors (Lipinski definition) is 3. The van der Waals surface area contributed by atoms with E-state index in [0.717, 1.165) is 21.3 Å². The Morgan fingerprint density at radius 1 is 1.24 bits per heavy atom. The molecule has 0 aliphatic rings. The van der Waals surface area contributed by atoms with Gasteiger partial charge in [-0.3, -0.25) is 3.97 Å². The minimum atomic E-state index is -3.58. The molecule has 0 aliphatic carbocycles. The molecule has 0 spiro atoms.